The second-order valence-corrected chi connectivity index (χ2v) is 3.13. The number of aromatic nitrogens is 2. The van der Waals surface area contributed by atoms with Gasteiger partial charge in [0, 0.05) is 6.20 Å². The van der Waals surface area contributed by atoms with Crippen molar-refractivity contribution in [1.82, 2.24) is 9.38 Å². The summed E-state index contributed by atoms with van der Waals surface area (Å²) < 4.78 is 6.76. The molecule has 0 amide bonds. The molecule has 1 N–H and O–H groups in total. The Labute approximate surface area is 85.9 Å². The molecule has 2 aromatic rings. The van der Waals surface area contributed by atoms with Crippen molar-refractivity contribution in [2.75, 3.05) is 7.11 Å². The van der Waals surface area contributed by atoms with E-state index >= 15 is 0 Å². The van der Waals surface area contributed by atoms with E-state index in [0.29, 0.717) is 17.2 Å². The van der Waals surface area contributed by atoms with Crippen LogP contribution in [0.1, 0.15) is 16.1 Å². The third-order valence-electron chi connectivity index (χ3n) is 2.19. The maximum atomic E-state index is 10.9. The first-order valence-corrected chi connectivity index (χ1v) is 4.40. The second kappa shape index (κ2) is 3.27. The first kappa shape index (κ1) is 9.51. The summed E-state index contributed by atoms with van der Waals surface area (Å²) in [6, 6.07) is 3.17. The number of aryl methyl sites for hydroxylation is 1. The van der Waals surface area contributed by atoms with Crippen molar-refractivity contribution in [1.29, 1.82) is 0 Å². The Morgan fingerprint density at radius 2 is 2.33 bits per heavy atom. The number of aromatic carboxylic acids is 1. The van der Waals surface area contributed by atoms with E-state index in [1.54, 1.807) is 23.6 Å². The molecule has 0 bridgehead atoms. The van der Waals surface area contributed by atoms with Crippen LogP contribution in [0.3, 0.4) is 0 Å². The van der Waals surface area contributed by atoms with Crippen LogP contribution < -0.4 is 4.74 Å². The Balaban J connectivity index is 2.83. The van der Waals surface area contributed by atoms with Crippen LogP contribution in [-0.4, -0.2) is 27.6 Å². The van der Waals surface area contributed by atoms with E-state index in [4.69, 9.17) is 9.84 Å². The molecule has 5 heteroatoms. The summed E-state index contributed by atoms with van der Waals surface area (Å²) >= 11 is 0. The van der Waals surface area contributed by atoms with Gasteiger partial charge in [-0.15, -0.1) is 0 Å². The highest BCUT2D eigenvalue weighted by molar-refractivity contribution is 5.94. The fourth-order valence-electron chi connectivity index (χ4n) is 1.57. The highest BCUT2D eigenvalue weighted by Crippen LogP contribution is 2.21. The van der Waals surface area contributed by atoms with Gasteiger partial charge in [0.2, 0.25) is 5.88 Å². The standard InChI is InChI=1S/C10H10N2O3/c1-6-9(15-2)12-5-3-4-7(10(13)14)8(12)11-6/h3-5H,1-2H3,(H,13,14). The van der Waals surface area contributed by atoms with Crippen molar-refractivity contribution in [3.8, 4) is 5.88 Å². The van der Waals surface area contributed by atoms with Crippen LogP contribution in [0.5, 0.6) is 5.88 Å². The average Bonchev–Trinajstić information content (AvgIpc) is 2.52. The molecule has 0 aliphatic rings. The number of rotatable bonds is 2. The molecule has 0 aliphatic carbocycles. The molecule has 2 rings (SSSR count). The van der Waals surface area contributed by atoms with E-state index in [1.165, 1.54) is 13.2 Å². The van der Waals surface area contributed by atoms with E-state index in [-0.39, 0.29) is 5.56 Å². The molecule has 2 aromatic heterocycles. The van der Waals surface area contributed by atoms with Gasteiger partial charge in [-0.3, -0.25) is 4.40 Å². The number of carboxylic acid groups (broad SMARTS) is 1. The summed E-state index contributed by atoms with van der Waals surface area (Å²) in [4.78, 5) is 15.1. The molecular weight excluding hydrogens is 196 g/mol. The smallest absolute Gasteiger partial charge is 0.339 e. The summed E-state index contributed by atoms with van der Waals surface area (Å²) in [6.45, 7) is 1.78. The van der Waals surface area contributed by atoms with Gasteiger partial charge >= 0.3 is 5.97 Å². The maximum absolute atomic E-state index is 10.9. The van der Waals surface area contributed by atoms with Crippen molar-refractivity contribution >= 4 is 11.6 Å². The van der Waals surface area contributed by atoms with Gasteiger partial charge < -0.3 is 9.84 Å². The van der Waals surface area contributed by atoms with Crippen molar-refractivity contribution in [3.05, 3.63) is 29.6 Å². The predicted octanol–water partition coefficient (Wildman–Crippen LogP) is 1.35. The lowest BCUT2D eigenvalue weighted by Gasteiger charge is -2.01. The Kier molecular flexibility index (Phi) is 2.07. The van der Waals surface area contributed by atoms with Gasteiger partial charge in [-0.2, -0.15) is 0 Å². The van der Waals surface area contributed by atoms with Crippen molar-refractivity contribution < 1.29 is 14.6 Å². The minimum Gasteiger partial charge on any atom is -0.481 e. The lowest BCUT2D eigenvalue weighted by Crippen LogP contribution is -2.00. The SMILES string of the molecule is COc1c(C)nc2c(C(=O)O)cccn12. The first-order valence-electron chi connectivity index (χ1n) is 4.40. The zero-order valence-corrected chi connectivity index (χ0v) is 8.39. The molecule has 0 saturated carbocycles. The molecule has 0 unspecified atom stereocenters. The van der Waals surface area contributed by atoms with E-state index in [2.05, 4.69) is 4.98 Å². The van der Waals surface area contributed by atoms with Crippen LogP contribution in [-0.2, 0) is 0 Å². The molecule has 0 radical (unpaired) electrons. The second-order valence-electron chi connectivity index (χ2n) is 3.13. The zero-order chi connectivity index (χ0) is 11.0. The van der Waals surface area contributed by atoms with Crippen LogP contribution in [0.15, 0.2) is 18.3 Å². The zero-order valence-electron chi connectivity index (χ0n) is 8.39. The predicted molar refractivity (Wildman–Crippen MR) is 53.4 cm³/mol. The van der Waals surface area contributed by atoms with Gasteiger partial charge in [-0.05, 0) is 19.1 Å². The third-order valence-corrected chi connectivity index (χ3v) is 2.19. The topological polar surface area (TPSA) is 63.8 Å². The molecule has 5 nitrogen and oxygen atoms in total. The van der Waals surface area contributed by atoms with Crippen LogP contribution in [0.4, 0.5) is 0 Å². The fourth-order valence-corrected chi connectivity index (χ4v) is 1.57. The highest BCUT2D eigenvalue weighted by atomic mass is 16.5. The average molecular weight is 206 g/mol. The number of carboxylic acids is 1. The van der Waals surface area contributed by atoms with E-state index in [0.717, 1.165) is 0 Å². The minimum absolute atomic E-state index is 0.170. The summed E-state index contributed by atoms with van der Waals surface area (Å²) in [5.41, 5.74) is 1.24. The quantitative estimate of drug-likeness (QED) is 0.805. The lowest BCUT2D eigenvalue weighted by atomic mass is 10.3. The number of pyridine rings is 1. The number of nitrogens with zero attached hydrogens (tertiary/aromatic N) is 2. The van der Waals surface area contributed by atoms with Gasteiger partial charge in [0.1, 0.15) is 11.3 Å². The van der Waals surface area contributed by atoms with Gasteiger partial charge in [0.15, 0.2) is 5.65 Å². The van der Waals surface area contributed by atoms with Crippen LogP contribution >= 0.6 is 0 Å². The molecule has 0 aliphatic heterocycles. The van der Waals surface area contributed by atoms with E-state index < -0.39 is 5.97 Å². The van der Waals surface area contributed by atoms with Gasteiger partial charge in [0.05, 0.1) is 7.11 Å². The van der Waals surface area contributed by atoms with Gasteiger partial charge in [0.25, 0.3) is 0 Å². The maximum Gasteiger partial charge on any atom is 0.339 e. The Hall–Kier alpha value is -2.04. The van der Waals surface area contributed by atoms with Gasteiger partial charge in [-0.1, -0.05) is 0 Å². The van der Waals surface area contributed by atoms with E-state index in [9.17, 15) is 4.79 Å². The summed E-state index contributed by atoms with van der Waals surface area (Å²) in [5.74, 6) is -0.429. The Morgan fingerprint density at radius 1 is 1.60 bits per heavy atom. The molecule has 2 heterocycles. The largest absolute Gasteiger partial charge is 0.481 e. The highest BCUT2D eigenvalue weighted by Gasteiger charge is 2.15. The minimum atomic E-state index is -0.992. The number of ether oxygens (including phenoxy) is 1. The number of carbonyl (C=O) groups is 1. The number of methoxy groups -OCH3 is 1. The van der Waals surface area contributed by atoms with E-state index in [1.807, 2.05) is 0 Å². The molecule has 0 atom stereocenters. The lowest BCUT2D eigenvalue weighted by molar-refractivity contribution is 0.0698. The van der Waals surface area contributed by atoms with Crippen molar-refractivity contribution in [3.63, 3.8) is 0 Å². The van der Waals surface area contributed by atoms with Crippen LogP contribution in [0, 0.1) is 6.92 Å². The fraction of sp³-hybridized carbons (Fsp3) is 0.200. The first-order chi connectivity index (χ1) is 7.15. The molecule has 0 saturated heterocycles. The van der Waals surface area contributed by atoms with Crippen LogP contribution in [0.25, 0.3) is 5.65 Å². The molecule has 0 aromatic carbocycles. The number of hydrogen-bond donors (Lipinski definition) is 1. The number of fused-ring (bicyclic) bond motifs is 1. The van der Waals surface area contributed by atoms with Crippen molar-refractivity contribution in [2.45, 2.75) is 6.92 Å². The Morgan fingerprint density at radius 3 is 2.93 bits per heavy atom. The monoisotopic (exact) mass is 206 g/mol. The Bertz CT molecular complexity index is 531. The molecule has 78 valence electrons. The molecule has 0 fully saturated rings. The van der Waals surface area contributed by atoms with Gasteiger partial charge in [-0.25, -0.2) is 9.78 Å². The molecule has 0 spiro atoms. The summed E-state index contributed by atoms with van der Waals surface area (Å²) in [6.07, 6.45) is 1.72. The molecule has 15 heavy (non-hydrogen) atoms. The molecular formula is C10H10N2O3. The third kappa shape index (κ3) is 1.32. The number of hydrogen-bond acceptors (Lipinski definition) is 3. The van der Waals surface area contributed by atoms with Crippen LogP contribution in [0.2, 0.25) is 0 Å². The van der Waals surface area contributed by atoms with Crippen molar-refractivity contribution in [2.24, 2.45) is 0 Å². The summed E-state index contributed by atoms with van der Waals surface area (Å²) in [7, 11) is 1.53. The summed E-state index contributed by atoms with van der Waals surface area (Å²) in [5, 5.41) is 8.96. The normalized spacial score (nSPS) is 10.5. The number of imidazole rings is 1.